The van der Waals surface area contributed by atoms with Crippen LogP contribution in [-0.2, 0) is 5.75 Å². The van der Waals surface area contributed by atoms with E-state index in [1.807, 2.05) is 30.3 Å². The predicted octanol–water partition coefficient (Wildman–Crippen LogP) is 2.71. The average Bonchev–Trinajstić information content (AvgIpc) is 2.88. The van der Waals surface area contributed by atoms with Crippen molar-refractivity contribution < 1.29 is 4.52 Å². The van der Waals surface area contributed by atoms with Gasteiger partial charge in [-0.2, -0.15) is 16.7 Å². The maximum absolute atomic E-state index is 5.85. The van der Waals surface area contributed by atoms with Gasteiger partial charge in [0.2, 0.25) is 0 Å². The first kappa shape index (κ1) is 13.1. The molecule has 1 atom stereocenters. The molecule has 4 nitrogen and oxygen atoms in total. The van der Waals surface area contributed by atoms with Gasteiger partial charge in [0.25, 0.3) is 5.89 Å². The summed E-state index contributed by atoms with van der Waals surface area (Å²) in [6.45, 7) is 2.09. The van der Waals surface area contributed by atoms with Crippen LogP contribution in [0, 0.1) is 0 Å². The standard InChI is InChI=1S/C13H17N3OS/c1-2-11(14)8-18-9-12-15-13(17-16-12)10-6-4-3-5-7-10/h3-7,11H,2,8-9,14H2,1H3. The Kier molecular flexibility index (Phi) is 4.78. The van der Waals surface area contributed by atoms with Crippen molar-refractivity contribution in [2.45, 2.75) is 25.1 Å². The molecule has 1 unspecified atom stereocenters. The fourth-order valence-corrected chi connectivity index (χ4v) is 2.39. The number of hydrogen-bond donors (Lipinski definition) is 1. The highest BCUT2D eigenvalue weighted by Gasteiger charge is 2.08. The molecule has 0 aliphatic rings. The maximum Gasteiger partial charge on any atom is 0.257 e. The molecular formula is C13H17N3OS. The van der Waals surface area contributed by atoms with Gasteiger partial charge in [-0.25, -0.2) is 0 Å². The molecule has 0 amide bonds. The molecule has 96 valence electrons. The van der Waals surface area contributed by atoms with E-state index in [1.54, 1.807) is 11.8 Å². The summed E-state index contributed by atoms with van der Waals surface area (Å²) in [5.74, 6) is 2.96. The average molecular weight is 263 g/mol. The van der Waals surface area contributed by atoms with Gasteiger partial charge in [0, 0.05) is 17.4 Å². The Balaban J connectivity index is 1.91. The van der Waals surface area contributed by atoms with Crippen LogP contribution in [0.5, 0.6) is 0 Å². The summed E-state index contributed by atoms with van der Waals surface area (Å²) < 4.78 is 5.23. The lowest BCUT2D eigenvalue weighted by Crippen LogP contribution is -2.21. The molecule has 1 heterocycles. The molecule has 2 aromatic rings. The monoisotopic (exact) mass is 263 g/mol. The van der Waals surface area contributed by atoms with Crippen molar-refractivity contribution in [3.8, 4) is 11.5 Å². The first-order valence-electron chi connectivity index (χ1n) is 6.01. The SMILES string of the molecule is CCC(N)CSCc1noc(-c2ccccc2)n1. The lowest BCUT2D eigenvalue weighted by molar-refractivity contribution is 0.425. The van der Waals surface area contributed by atoms with E-state index in [4.69, 9.17) is 10.3 Å². The van der Waals surface area contributed by atoms with Crippen LogP contribution < -0.4 is 5.73 Å². The fraction of sp³-hybridized carbons (Fsp3) is 0.385. The quantitative estimate of drug-likeness (QED) is 0.868. The molecule has 0 radical (unpaired) electrons. The summed E-state index contributed by atoms with van der Waals surface area (Å²) in [5.41, 5.74) is 6.80. The molecule has 5 heteroatoms. The van der Waals surface area contributed by atoms with E-state index in [9.17, 15) is 0 Å². The van der Waals surface area contributed by atoms with Crippen molar-refractivity contribution in [2.75, 3.05) is 5.75 Å². The third kappa shape index (κ3) is 3.58. The molecule has 0 spiro atoms. The van der Waals surface area contributed by atoms with Gasteiger partial charge < -0.3 is 10.3 Å². The van der Waals surface area contributed by atoms with Crippen LogP contribution >= 0.6 is 11.8 Å². The van der Waals surface area contributed by atoms with Gasteiger partial charge in [0.15, 0.2) is 5.82 Å². The van der Waals surface area contributed by atoms with Crippen LogP contribution in [0.4, 0.5) is 0 Å². The van der Waals surface area contributed by atoms with Gasteiger partial charge in [-0.15, -0.1) is 0 Å². The Labute approximate surface area is 111 Å². The van der Waals surface area contributed by atoms with E-state index >= 15 is 0 Å². The van der Waals surface area contributed by atoms with Gasteiger partial charge in [-0.3, -0.25) is 0 Å². The van der Waals surface area contributed by atoms with Crippen molar-refractivity contribution in [3.05, 3.63) is 36.2 Å². The minimum atomic E-state index is 0.246. The molecule has 1 aromatic carbocycles. The largest absolute Gasteiger partial charge is 0.334 e. The number of benzene rings is 1. The summed E-state index contributed by atoms with van der Waals surface area (Å²) in [5, 5.41) is 3.97. The molecule has 2 rings (SSSR count). The normalized spacial score (nSPS) is 12.6. The topological polar surface area (TPSA) is 64.9 Å². The maximum atomic E-state index is 5.85. The van der Waals surface area contributed by atoms with E-state index in [2.05, 4.69) is 17.1 Å². The number of nitrogens with zero attached hydrogens (tertiary/aromatic N) is 2. The Morgan fingerprint density at radius 2 is 2.11 bits per heavy atom. The molecule has 18 heavy (non-hydrogen) atoms. The highest BCUT2D eigenvalue weighted by atomic mass is 32.2. The van der Waals surface area contributed by atoms with Crippen LogP contribution in [0.1, 0.15) is 19.2 Å². The van der Waals surface area contributed by atoms with Crippen molar-refractivity contribution in [1.29, 1.82) is 0 Å². The highest BCUT2D eigenvalue weighted by molar-refractivity contribution is 7.98. The Hall–Kier alpha value is -1.33. The Bertz CT molecular complexity index is 472. The smallest absolute Gasteiger partial charge is 0.257 e. The molecule has 2 N–H and O–H groups in total. The first-order chi connectivity index (χ1) is 8.79. The second-order valence-corrected chi connectivity index (χ2v) is 5.10. The number of hydrogen-bond acceptors (Lipinski definition) is 5. The van der Waals surface area contributed by atoms with Crippen molar-refractivity contribution in [1.82, 2.24) is 10.1 Å². The van der Waals surface area contributed by atoms with Gasteiger partial charge in [-0.1, -0.05) is 30.3 Å². The molecule has 0 aliphatic heterocycles. The molecule has 0 bridgehead atoms. The summed E-state index contributed by atoms with van der Waals surface area (Å²) >= 11 is 1.74. The number of aromatic nitrogens is 2. The molecule has 1 aromatic heterocycles. The van der Waals surface area contributed by atoms with E-state index in [1.165, 1.54) is 0 Å². The number of rotatable bonds is 6. The second-order valence-electron chi connectivity index (χ2n) is 4.07. The zero-order valence-electron chi connectivity index (χ0n) is 10.4. The van der Waals surface area contributed by atoms with Crippen LogP contribution in [-0.4, -0.2) is 21.9 Å². The third-order valence-corrected chi connectivity index (χ3v) is 3.70. The van der Waals surface area contributed by atoms with Gasteiger partial charge in [-0.05, 0) is 18.6 Å². The zero-order valence-corrected chi connectivity index (χ0v) is 11.2. The van der Waals surface area contributed by atoms with E-state index in [-0.39, 0.29) is 6.04 Å². The summed E-state index contributed by atoms with van der Waals surface area (Å²) in [6.07, 6.45) is 0.995. The minimum absolute atomic E-state index is 0.246. The van der Waals surface area contributed by atoms with Gasteiger partial charge in [0.05, 0.1) is 5.75 Å². The first-order valence-corrected chi connectivity index (χ1v) is 7.16. The van der Waals surface area contributed by atoms with Gasteiger partial charge in [0.1, 0.15) is 0 Å². The molecule has 0 saturated heterocycles. The lowest BCUT2D eigenvalue weighted by atomic mass is 10.2. The minimum Gasteiger partial charge on any atom is -0.334 e. The van der Waals surface area contributed by atoms with E-state index in [0.29, 0.717) is 5.89 Å². The Morgan fingerprint density at radius 3 is 2.83 bits per heavy atom. The molecular weight excluding hydrogens is 246 g/mol. The number of nitrogens with two attached hydrogens (primary N) is 1. The zero-order chi connectivity index (χ0) is 12.8. The summed E-state index contributed by atoms with van der Waals surface area (Å²) in [7, 11) is 0. The van der Waals surface area contributed by atoms with Crippen molar-refractivity contribution in [2.24, 2.45) is 5.73 Å². The summed E-state index contributed by atoms with van der Waals surface area (Å²) in [6, 6.07) is 10.0. The van der Waals surface area contributed by atoms with Crippen LogP contribution in [0.15, 0.2) is 34.9 Å². The third-order valence-electron chi connectivity index (χ3n) is 2.58. The van der Waals surface area contributed by atoms with Crippen LogP contribution in [0.3, 0.4) is 0 Å². The summed E-state index contributed by atoms with van der Waals surface area (Å²) in [4.78, 5) is 4.36. The number of thioether (sulfide) groups is 1. The fourth-order valence-electron chi connectivity index (χ4n) is 1.43. The van der Waals surface area contributed by atoms with Crippen molar-refractivity contribution in [3.63, 3.8) is 0 Å². The molecule has 0 aliphatic carbocycles. The Morgan fingerprint density at radius 1 is 1.33 bits per heavy atom. The van der Waals surface area contributed by atoms with Crippen LogP contribution in [0.2, 0.25) is 0 Å². The predicted molar refractivity (Wildman–Crippen MR) is 74.2 cm³/mol. The molecule has 0 saturated carbocycles. The van der Waals surface area contributed by atoms with E-state index in [0.717, 1.165) is 29.3 Å². The highest BCUT2D eigenvalue weighted by Crippen LogP contribution is 2.18. The van der Waals surface area contributed by atoms with Gasteiger partial charge >= 0.3 is 0 Å². The second kappa shape index (κ2) is 6.56. The van der Waals surface area contributed by atoms with Crippen molar-refractivity contribution >= 4 is 11.8 Å². The lowest BCUT2D eigenvalue weighted by Gasteiger charge is -2.05. The van der Waals surface area contributed by atoms with E-state index < -0.39 is 0 Å². The van der Waals surface area contributed by atoms with Crippen LogP contribution in [0.25, 0.3) is 11.5 Å². The molecule has 0 fully saturated rings.